The van der Waals surface area contributed by atoms with Crippen LogP contribution in [0.1, 0.15) is 0 Å². The van der Waals surface area contributed by atoms with Gasteiger partial charge < -0.3 is 15.5 Å². The number of benzene rings is 1. The van der Waals surface area contributed by atoms with Gasteiger partial charge in [-0.25, -0.2) is 9.97 Å². The van der Waals surface area contributed by atoms with Crippen molar-refractivity contribution in [1.29, 1.82) is 0 Å². The summed E-state index contributed by atoms with van der Waals surface area (Å²) in [5, 5.41) is 0. The Balaban J connectivity index is 2.05. The van der Waals surface area contributed by atoms with Gasteiger partial charge in [-0.3, -0.25) is 4.79 Å². The maximum atomic E-state index is 11.4. The van der Waals surface area contributed by atoms with Crippen molar-refractivity contribution >= 4 is 28.6 Å². The van der Waals surface area contributed by atoms with Gasteiger partial charge in [-0.05, 0) is 24.5 Å². The average Bonchev–Trinajstić information content (AvgIpc) is 2.50. The predicted octanol–water partition coefficient (Wildman–Crippen LogP) is 2.41. The molecule has 0 spiro atoms. The van der Waals surface area contributed by atoms with Crippen molar-refractivity contribution in [3.8, 4) is 11.5 Å². The first kappa shape index (κ1) is 13.4. The Morgan fingerprint density at radius 3 is 2.95 bits per heavy atom. The minimum absolute atomic E-state index is 0.303. The number of hydrogen-bond donors (Lipinski definition) is 2. The summed E-state index contributed by atoms with van der Waals surface area (Å²) in [6.07, 6.45) is 4.71. The minimum atomic E-state index is -0.303. The second kappa shape index (κ2) is 5.45. The fraction of sp³-hybridized carbons (Fsp3) is 0.0714. The second-order valence-corrected chi connectivity index (χ2v) is 5.11. The molecule has 21 heavy (non-hydrogen) atoms. The van der Waals surface area contributed by atoms with Crippen LogP contribution in [-0.4, -0.2) is 21.2 Å². The van der Waals surface area contributed by atoms with Crippen LogP contribution in [0.2, 0.25) is 0 Å². The SMILES string of the molecule is CSc1cc(Oc2ccnc3ncc(=O)[nH]c23)ccc1N. The quantitative estimate of drug-likeness (QED) is 0.570. The highest BCUT2D eigenvalue weighted by atomic mass is 32.2. The molecule has 0 radical (unpaired) electrons. The third-order valence-electron chi connectivity index (χ3n) is 2.88. The van der Waals surface area contributed by atoms with Gasteiger partial charge in [0.15, 0.2) is 11.4 Å². The van der Waals surface area contributed by atoms with Crippen LogP contribution in [0.15, 0.2) is 46.3 Å². The number of fused-ring (bicyclic) bond motifs is 1. The molecule has 0 saturated heterocycles. The lowest BCUT2D eigenvalue weighted by atomic mass is 10.3. The van der Waals surface area contributed by atoms with Gasteiger partial charge in [0.2, 0.25) is 0 Å². The van der Waals surface area contributed by atoms with E-state index in [-0.39, 0.29) is 5.56 Å². The molecule has 0 fully saturated rings. The number of ether oxygens (including phenoxy) is 1. The zero-order valence-electron chi connectivity index (χ0n) is 11.2. The number of aromatic amines is 1. The van der Waals surface area contributed by atoms with E-state index >= 15 is 0 Å². The third kappa shape index (κ3) is 2.68. The van der Waals surface area contributed by atoms with E-state index in [1.165, 1.54) is 18.0 Å². The van der Waals surface area contributed by atoms with Gasteiger partial charge >= 0.3 is 0 Å². The highest BCUT2D eigenvalue weighted by molar-refractivity contribution is 7.98. The number of nitrogens with zero attached hydrogens (tertiary/aromatic N) is 2. The molecule has 7 heteroatoms. The fourth-order valence-electron chi connectivity index (χ4n) is 1.89. The summed E-state index contributed by atoms with van der Waals surface area (Å²) in [4.78, 5) is 23.1. The molecule has 2 heterocycles. The molecular formula is C14H12N4O2S. The van der Waals surface area contributed by atoms with Crippen LogP contribution in [0.4, 0.5) is 5.69 Å². The van der Waals surface area contributed by atoms with Gasteiger partial charge in [0.1, 0.15) is 11.3 Å². The van der Waals surface area contributed by atoms with Crippen molar-refractivity contribution in [2.24, 2.45) is 0 Å². The van der Waals surface area contributed by atoms with Crippen LogP contribution in [0.5, 0.6) is 11.5 Å². The van der Waals surface area contributed by atoms with Crippen molar-refractivity contribution in [1.82, 2.24) is 15.0 Å². The van der Waals surface area contributed by atoms with Crippen molar-refractivity contribution in [2.75, 3.05) is 12.0 Å². The van der Waals surface area contributed by atoms with Gasteiger partial charge in [0.05, 0.1) is 6.20 Å². The summed E-state index contributed by atoms with van der Waals surface area (Å²) >= 11 is 1.54. The standard InChI is InChI=1S/C14H12N4O2S/c1-21-11-6-8(2-3-9(11)15)20-10-4-5-16-14-13(10)18-12(19)7-17-14/h2-7H,15H2,1H3,(H,18,19). The molecule has 0 amide bonds. The number of nitrogens with two attached hydrogens (primary N) is 1. The third-order valence-corrected chi connectivity index (χ3v) is 3.67. The molecule has 0 aliphatic carbocycles. The molecule has 3 N–H and O–H groups in total. The molecule has 0 aliphatic rings. The van der Waals surface area contributed by atoms with Crippen molar-refractivity contribution in [3.05, 3.63) is 47.0 Å². The van der Waals surface area contributed by atoms with E-state index in [9.17, 15) is 4.79 Å². The van der Waals surface area contributed by atoms with Crippen LogP contribution in [0.25, 0.3) is 11.2 Å². The molecule has 0 unspecified atom stereocenters. The van der Waals surface area contributed by atoms with E-state index in [0.717, 1.165) is 4.90 Å². The number of nitrogens with one attached hydrogen (secondary N) is 1. The Bertz CT molecular complexity index is 863. The number of nitrogen functional groups attached to an aromatic ring is 1. The predicted molar refractivity (Wildman–Crippen MR) is 82.9 cm³/mol. The lowest BCUT2D eigenvalue weighted by Crippen LogP contribution is -2.06. The molecule has 0 atom stereocenters. The smallest absolute Gasteiger partial charge is 0.267 e. The Labute approximate surface area is 124 Å². The van der Waals surface area contributed by atoms with Crippen molar-refractivity contribution in [2.45, 2.75) is 4.90 Å². The number of pyridine rings is 1. The topological polar surface area (TPSA) is 93.9 Å². The number of anilines is 1. The van der Waals surface area contributed by atoms with Crippen LogP contribution in [-0.2, 0) is 0 Å². The molecule has 2 aromatic heterocycles. The minimum Gasteiger partial charge on any atom is -0.455 e. The van der Waals surface area contributed by atoms with Crippen molar-refractivity contribution < 1.29 is 4.74 Å². The monoisotopic (exact) mass is 300 g/mol. The second-order valence-electron chi connectivity index (χ2n) is 4.26. The number of aromatic nitrogens is 3. The number of hydrogen-bond acceptors (Lipinski definition) is 6. The maximum absolute atomic E-state index is 11.4. The highest BCUT2D eigenvalue weighted by Gasteiger charge is 2.08. The number of thioether (sulfide) groups is 1. The summed E-state index contributed by atoms with van der Waals surface area (Å²) in [5.41, 5.74) is 7.14. The van der Waals surface area contributed by atoms with E-state index in [1.807, 2.05) is 12.3 Å². The first-order chi connectivity index (χ1) is 10.2. The molecule has 3 aromatic rings. The Hall–Kier alpha value is -2.54. The zero-order valence-corrected chi connectivity index (χ0v) is 12.0. The van der Waals surface area contributed by atoms with E-state index < -0.39 is 0 Å². The Morgan fingerprint density at radius 1 is 1.29 bits per heavy atom. The lowest BCUT2D eigenvalue weighted by molar-refractivity contribution is 0.485. The fourth-order valence-corrected chi connectivity index (χ4v) is 2.43. The van der Waals surface area contributed by atoms with Gasteiger partial charge in [0, 0.05) is 22.8 Å². The molecule has 106 valence electrons. The zero-order chi connectivity index (χ0) is 14.8. The summed E-state index contributed by atoms with van der Waals surface area (Å²) in [6.45, 7) is 0. The molecule has 0 bridgehead atoms. The largest absolute Gasteiger partial charge is 0.455 e. The maximum Gasteiger partial charge on any atom is 0.267 e. The summed E-state index contributed by atoms with van der Waals surface area (Å²) in [7, 11) is 0. The number of rotatable bonds is 3. The summed E-state index contributed by atoms with van der Waals surface area (Å²) in [6, 6.07) is 7.08. The molecule has 1 aromatic carbocycles. The van der Waals surface area contributed by atoms with Gasteiger partial charge in [0.25, 0.3) is 5.56 Å². The van der Waals surface area contributed by atoms with Crippen LogP contribution in [0.3, 0.4) is 0 Å². The van der Waals surface area contributed by atoms with Gasteiger partial charge in [-0.1, -0.05) is 0 Å². The molecule has 0 saturated carbocycles. The van der Waals surface area contributed by atoms with Crippen LogP contribution >= 0.6 is 11.8 Å². The Morgan fingerprint density at radius 2 is 2.14 bits per heavy atom. The molecular weight excluding hydrogens is 288 g/mol. The Kier molecular flexibility index (Phi) is 3.49. The first-order valence-corrected chi connectivity index (χ1v) is 7.35. The average molecular weight is 300 g/mol. The highest BCUT2D eigenvalue weighted by Crippen LogP contribution is 2.31. The van der Waals surface area contributed by atoms with Crippen LogP contribution < -0.4 is 16.0 Å². The molecule has 6 nitrogen and oxygen atoms in total. The first-order valence-electron chi connectivity index (χ1n) is 6.13. The number of H-pyrrole nitrogens is 1. The molecule has 0 aliphatic heterocycles. The van der Waals surface area contributed by atoms with E-state index in [4.69, 9.17) is 10.5 Å². The normalized spacial score (nSPS) is 10.7. The lowest BCUT2D eigenvalue weighted by Gasteiger charge is -2.10. The summed E-state index contributed by atoms with van der Waals surface area (Å²) in [5.74, 6) is 1.12. The molecule has 3 rings (SSSR count). The van der Waals surface area contributed by atoms with Gasteiger partial charge in [-0.15, -0.1) is 11.8 Å². The van der Waals surface area contributed by atoms with Crippen molar-refractivity contribution in [3.63, 3.8) is 0 Å². The van der Waals surface area contributed by atoms with E-state index in [1.54, 1.807) is 24.4 Å². The van der Waals surface area contributed by atoms with Gasteiger partial charge in [-0.2, -0.15) is 0 Å². The van der Waals surface area contributed by atoms with E-state index in [0.29, 0.717) is 28.4 Å². The summed E-state index contributed by atoms with van der Waals surface area (Å²) < 4.78 is 5.83. The van der Waals surface area contributed by atoms with Crippen LogP contribution in [0, 0.1) is 0 Å². The van der Waals surface area contributed by atoms with E-state index in [2.05, 4.69) is 15.0 Å².